The Morgan fingerprint density at radius 2 is 1.65 bits per heavy atom. The molecule has 0 heterocycles. The lowest BCUT2D eigenvalue weighted by Gasteiger charge is -2.51. The van der Waals surface area contributed by atoms with Crippen molar-refractivity contribution in [2.45, 2.75) is 73.9 Å². The Labute approximate surface area is 126 Å². The summed E-state index contributed by atoms with van der Waals surface area (Å²) in [6.45, 7) is 17.4. The van der Waals surface area contributed by atoms with Crippen molar-refractivity contribution >= 4 is 15.0 Å². The van der Waals surface area contributed by atoms with Crippen LogP contribution >= 0.6 is 0 Å². The molecular weight excluding hydrogens is 268 g/mol. The molecule has 120 valence electrons. The number of carbonyl (C=O) groups is 1. The molecule has 0 aliphatic rings. The van der Waals surface area contributed by atoms with Crippen LogP contribution in [0.25, 0.3) is 0 Å². The molecule has 0 aromatic rings. The fourth-order valence-corrected chi connectivity index (χ4v) is 4.47. The van der Waals surface area contributed by atoms with Gasteiger partial charge in [0.25, 0.3) is 0 Å². The van der Waals surface area contributed by atoms with Crippen LogP contribution in [0.2, 0.25) is 13.1 Å². The average molecular weight is 303 g/mol. The molecule has 0 rings (SSSR count). The highest BCUT2D eigenvalue weighted by Crippen LogP contribution is 2.56. The summed E-state index contributed by atoms with van der Waals surface area (Å²) in [6, 6.07) is 0. The van der Waals surface area contributed by atoms with Crippen LogP contribution in [0.4, 0.5) is 0 Å². The van der Waals surface area contributed by atoms with Gasteiger partial charge < -0.3 is 9.53 Å². The van der Waals surface area contributed by atoms with Crippen LogP contribution < -0.4 is 0 Å². The molecule has 20 heavy (non-hydrogen) atoms. The summed E-state index contributed by atoms with van der Waals surface area (Å²) in [4.78, 5) is 12.1. The molecule has 0 radical (unpaired) electrons. The molecule has 4 heteroatoms. The lowest BCUT2D eigenvalue weighted by Crippen LogP contribution is -2.53. The molecular formula is C16H34O3Si. The third-order valence-electron chi connectivity index (χ3n) is 4.73. The zero-order chi connectivity index (χ0) is 16.2. The van der Waals surface area contributed by atoms with Gasteiger partial charge in [-0.15, -0.1) is 0 Å². The molecule has 1 unspecified atom stereocenters. The maximum atomic E-state index is 12.1. The monoisotopic (exact) mass is 302 g/mol. The minimum Gasteiger partial charge on any atom is -0.481 e. The zero-order valence-corrected chi connectivity index (χ0v) is 15.8. The first-order valence-corrected chi connectivity index (χ1v) is 10.6. The molecule has 0 aliphatic carbocycles. The van der Waals surface area contributed by atoms with E-state index in [0.717, 1.165) is 19.4 Å². The Bertz CT molecular complexity index is 318. The highest BCUT2D eigenvalue weighted by Gasteiger charge is 2.56. The predicted molar refractivity (Wildman–Crippen MR) is 87.7 cm³/mol. The van der Waals surface area contributed by atoms with Crippen LogP contribution in [-0.2, 0) is 9.22 Å². The van der Waals surface area contributed by atoms with E-state index in [2.05, 4.69) is 26.9 Å². The van der Waals surface area contributed by atoms with E-state index >= 15 is 0 Å². The molecule has 0 aliphatic heterocycles. The van der Waals surface area contributed by atoms with Gasteiger partial charge in [0.2, 0.25) is 0 Å². The quantitative estimate of drug-likeness (QED) is 0.536. The second-order valence-electron chi connectivity index (χ2n) is 7.72. The third-order valence-corrected chi connectivity index (χ3v) is 5.63. The minimum absolute atomic E-state index is 0.256. The normalized spacial score (nSPS) is 16.2. The van der Waals surface area contributed by atoms with E-state index in [1.54, 1.807) is 0 Å². The summed E-state index contributed by atoms with van der Waals surface area (Å²) in [7, 11) is -0.975. The molecule has 0 aromatic carbocycles. The molecule has 1 N–H and O–H groups in total. The van der Waals surface area contributed by atoms with Gasteiger partial charge in [-0.3, -0.25) is 4.79 Å². The molecule has 0 saturated heterocycles. The van der Waals surface area contributed by atoms with Crippen LogP contribution in [0.15, 0.2) is 0 Å². The Hall–Kier alpha value is -0.353. The molecule has 0 bridgehead atoms. The topological polar surface area (TPSA) is 46.5 Å². The van der Waals surface area contributed by atoms with Gasteiger partial charge >= 0.3 is 5.97 Å². The Morgan fingerprint density at radius 1 is 1.15 bits per heavy atom. The van der Waals surface area contributed by atoms with Crippen molar-refractivity contribution < 1.29 is 14.3 Å². The minimum atomic E-state index is -0.975. The first-order valence-electron chi connectivity index (χ1n) is 7.77. The van der Waals surface area contributed by atoms with Gasteiger partial charge in [0.1, 0.15) is 0 Å². The molecule has 0 aromatic heterocycles. The summed E-state index contributed by atoms with van der Waals surface area (Å²) >= 11 is 0. The Morgan fingerprint density at radius 3 is 1.95 bits per heavy atom. The van der Waals surface area contributed by atoms with Gasteiger partial charge in [0, 0.05) is 6.61 Å². The van der Waals surface area contributed by atoms with E-state index in [1.807, 2.05) is 27.7 Å². The van der Waals surface area contributed by atoms with Crippen molar-refractivity contribution in [3.05, 3.63) is 0 Å². The third kappa shape index (κ3) is 4.07. The molecule has 0 saturated carbocycles. The summed E-state index contributed by atoms with van der Waals surface area (Å²) in [6.07, 6.45) is 2.47. The first kappa shape index (κ1) is 19.6. The number of hydrogen-bond acceptors (Lipinski definition) is 2. The standard InChI is InChI=1S/C16H34O3Si/c1-9-16(13(17)18,14(2,3)4)15(5,6)11-10-12-19-20(7)8/h20H,9-12H2,1-8H3,(H,17,18). The van der Waals surface area contributed by atoms with Crippen molar-refractivity contribution in [1.29, 1.82) is 0 Å². The molecule has 0 fully saturated rings. The van der Waals surface area contributed by atoms with Gasteiger partial charge in [-0.05, 0) is 43.2 Å². The Balaban J connectivity index is 5.11. The smallest absolute Gasteiger partial charge is 0.310 e. The van der Waals surface area contributed by atoms with Crippen molar-refractivity contribution in [3.8, 4) is 0 Å². The van der Waals surface area contributed by atoms with Gasteiger partial charge in [0.05, 0.1) is 5.41 Å². The maximum Gasteiger partial charge on any atom is 0.310 e. The number of carboxylic acid groups (broad SMARTS) is 1. The van der Waals surface area contributed by atoms with Crippen molar-refractivity contribution in [1.82, 2.24) is 0 Å². The SMILES string of the molecule is CCC(C(=O)O)(C(C)(C)C)C(C)(C)CCCO[SiH](C)C. The van der Waals surface area contributed by atoms with Crippen molar-refractivity contribution in [2.75, 3.05) is 6.61 Å². The highest BCUT2D eigenvalue weighted by molar-refractivity contribution is 6.48. The largest absolute Gasteiger partial charge is 0.481 e. The number of hydrogen-bond donors (Lipinski definition) is 1. The number of rotatable bonds is 8. The van der Waals surface area contributed by atoms with Gasteiger partial charge in [-0.2, -0.15) is 0 Å². The summed E-state index contributed by atoms with van der Waals surface area (Å²) in [5.41, 5.74) is -1.24. The molecule has 0 spiro atoms. The first-order chi connectivity index (χ1) is 8.92. The zero-order valence-electron chi connectivity index (χ0n) is 14.7. The van der Waals surface area contributed by atoms with Gasteiger partial charge in [0.15, 0.2) is 9.04 Å². The van der Waals surface area contributed by atoms with E-state index in [1.165, 1.54) is 0 Å². The van der Waals surface area contributed by atoms with Gasteiger partial charge in [-0.25, -0.2) is 0 Å². The van der Waals surface area contributed by atoms with Gasteiger partial charge in [-0.1, -0.05) is 41.5 Å². The second kappa shape index (κ2) is 7.08. The van der Waals surface area contributed by atoms with E-state index in [4.69, 9.17) is 4.43 Å². The Kier molecular flexibility index (Phi) is 6.95. The summed E-state index contributed by atoms with van der Waals surface area (Å²) < 4.78 is 5.72. The molecule has 0 amide bonds. The summed E-state index contributed by atoms with van der Waals surface area (Å²) in [5, 5.41) is 9.92. The fraction of sp³-hybridized carbons (Fsp3) is 0.938. The van der Waals surface area contributed by atoms with Crippen LogP contribution in [0.3, 0.4) is 0 Å². The molecule has 3 nitrogen and oxygen atoms in total. The van der Waals surface area contributed by atoms with Crippen molar-refractivity contribution in [2.24, 2.45) is 16.2 Å². The highest BCUT2D eigenvalue weighted by atomic mass is 28.3. The lowest BCUT2D eigenvalue weighted by atomic mass is 9.51. The molecule has 1 atom stereocenters. The maximum absolute atomic E-state index is 12.1. The van der Waals surface area contributed by atoms with E-state index in [0.29, 0.717) is 6.42 Å². The fourth-order valence-electron chi connectivity index (χ4n) is 3.83. The van der Waals surface area contributed by atoms with E-state index < -0.39 is 20.4 Å². The number of carboxylic acids is 1. The van der Waals surface area contributed by atoms with Crippen LogP contribution in [0, 0.1) is 16.2 Å². The predicted octanol–water partition coefficient (Wildman–Crippen LogP) is 4.32. The van der Waals surface area contributed by atoms with Crippen LogP contribution in [0.1, 0.15) is 60.8 Å². The lowest BCUT2D eigenvalue weighted by molar-refractivity contribution is -0.171. The average Bonchev–Trinajstić information content (AvgIpc) is 2.22. The van der Waals surface area contributed by atoms with Crippen LogP contribution in [0.5, 0.6) is 0 Å². The van der Waals surface area contributed by atoms with Crippen molar-refractivity contribution in [3.63, 3.8) is 0 Å². The van der Waals surface area contributed by atoms with Crippen LogP contribution in [-0.4, -0.2) is 26.7 Å². The number of aliphatic carboxylic acids is 1. The van der Waals surface area contributed by atoms with E-state index in [9.17, 15) is 9.90 Å². The second-order valence-corrected chi connectivity index (χ2v) is 10.2. The van der Waals surface area contributed by atoms with E-state index in [-0.39, 0.29) is 10.8 Å². The summed E-state index contributed by atoms with van der Waals surface area (Å²) in [5.74, 6) is -0.670.